The second-order valence-corrected chi connectivity index (χ2v) is 3.33. The van der Waals surface area contributed by atoms with E-state index in [2.05, 4.69) is 0 Å². The molecule has 0 aromatic carbocycles. The molecular formula is C10H16N2O4. The Morgan fingerprint density at radius 2 is 2.12 bits per heavy atom. The van der Waals surface area contributed by atoms with Crippen LogP contribution in [0.4, 0.5) is 0 Å². The number of nitrogens with zero attached hydrogens (tertiary/aromatic N) is 2. The molecule has 0 heterocycles. The summed E-state index contributed by atoms with van der Waals surface area (Å²) in [6, 6.07) is 1.95. The van der Waals surface area contributed by atoms with Crippen molar-refractivity contribution in [1.82, 2.24) is 4.90 Å². The van der Waals surface area contributed by atoms with Crippen LogP contribution in [0.3, 0.4) is 0 Å². The Labute approximate surface area is 94.4 Å². The van der Waals surface area contributed by atoms with E-state index in [1.807, 2.05) is 6.07 Å². The van der Waals surface area contributed by atoms with Crippen molar-refractivity contribution in [2.45, 2.75) is 13.3 Å². The highest BCUT2D eigenvalue weighted by Gasteiger charge is 2.06. The lowest BCUT2D eigenvalue weighted by molar-refractivity contribution is -0.137. The average Bonchev–Trinajstić information content (AvgIpc) is 2.20. The van der Waals surface area contributed by atoms with Crippen LogP contribution in [0, 0.1) is 11.3 Å². The monoisotopic (exact) mass is 228 g/mol. The maximum absolute atomic E-state index is 10.6. The molecule has 0 atom stereocenters. The van der Waals surface area contributed by atoms with Crippen molar-refractivity contribution >= 4 is 11.8 Å². The molecule has 16 heavy (non-hydrogen) atoms. The van der Waals surface area contributed by atoms with Crippen molar-refractivity contribution in [2.24, 2.45) is 0 Å². The van der Waals surface area contributed by atoms with Gasteiger partial charge in [0, 0.05) is 13.1 Å². The summed E-state index contributed by atoms with van der Waals surface area (Å²) in [5.74, 6) is -0.954. The summed E-state index contributed by atoms with van der Waals surface area (Å²) in [7, 11) is 0. The average molecular weight is 228 g/mol. The van der Waals surface area contributed by atoms with Crippen LogP contribution < -0.4 is 0 Å². The molecule has 0 aliphatic rings. The van der Waals surface area contributed by atoms with E-state index in [-0.39, 0.29) is 25.4 Å². The third kappa shape index (κ3) is 9.12. The molecule has 90 valence electrons. The molecule has 0 amide bonds. The van der Waals surface area contributed by atoms with Crippen molar-refractivity contribution in [3.8, 4) is 6.07 Å². The van der Waals surface area contributed by atoms with Crippen molar-refractivity contribution in [1.29, 1.82) is 5.26 Å². The number of ether oxygens (including phenoxy) is 1. The van der Waals surface area contributed by atoms with Gasteiger partial charge in [0.2, 0.25) is 0 Å². The Morgan fingerprint density at radius 3 is 2.62 bits per heavy atom. The Balaban J connectivity index is 3.72. The van der Waals surface area contributed by atoms with Crippen LogP contribution in [0.1, 0.15) is 13.3 Å². The molecule has 0 aromatic rings. The minimum atomic E-state index is -0.896. The summed E-state index contributed by atoms with van der Waals surface area (Å²) >= 11 is 0. The first-order chi connectivity index (χ1) is 7.56. The van der Waals surface area contributed by atoms with Crippen molar-refractivity contribution < 1.29 is 19.4 Å². The lowest BCUT2D eigenvalue weighted by Crippen LogP contribution is -2.30. The zero-order valence-corrected chi connectivity index (χ0v) is 9.31. The number of carbonyl (C=O) groups is 2. The quantitative estimate of drug-likeness (QED) is 0.437. The van der Waals surface area contributed by atoms with Crippen LogP contribution in [0.25, 0.3) is 0 Å². The molecule has 1 N–H and O–H groups in total. The van der Waals surface area contributed by atoms with Gasteiger partial charge in [-0.25, -0.2) is 0 Å². The van der Waals surface area contributed by atoms with E-state index in [0.29, 0.717) is 19.7 Å². The Bertz CT molecular complexity index is 272. The van der Waals surface area contributed by atoms with Gasteiger partial charge in [0.15, 0.2) is 5.78 Å². The summed E-state index contributed by atoms with van der Waals surface area (Å²) in [6.07, 6.45) is -0.00557. The molecular weight excluding hydrogens is 212 g/mol. The number of nitriles is 1. The summed E-state index contributed by atoms with van der Waals surface area (Å²) in [5, 5.41) is 17.0. The Hall–Kier alpha value is -1.45. The molecule has 0 unspecified atom stereocenters. The SMILES string of the molecule is CC(=O)COCCN(CC#N)CCC(=O)O. The molecule has 0 aromatic heterocycles. The fourth-order valence-corrected chi connectivity index (χ4v) is 1.03. The van der Waals surface area contributed by atoms with Gasteiger partial charge in [-0.2, -0.15) is 5.26 Å². The maximum atomic E-state index is 10.6. The number of aliphatic carboxylic acids is 1. The fraction of sp³-hybridized carbons (Fsp3) is 0.700. The van der Waals surface area contributed by atoms with E-state index in [1.54, 1.807) is 4.90 Å². The van der Waals surface area contributed by atoms with Crippen LogP contribution >= 0.6 is 0 Å². The van der Waals surface area contributed by atoms with Crippen molar-refractivity contribution in [3.05, 3.63) is 0 Å². The smallest absolute Gasteiger partial charge is 0.304 e. The molecule has 0 fully saturated rings. The molecule has 0 bridgehead atoms. The third-order valence-electron chi connectivity index (χ3n) is 1.79. The summed E-state index contributed by atoms with van der Waals surface area (Å²) in [6.45, 7) is 2.73. The zero-order chi connectivity index (χ0) is 12.4. The number of carboxylic acid groups (broad SMARTS) is 1. The fourth-order valence-electron chi connectivity index (χ4n) is 1.03. The number of ketones is 1. The second-order valence-electron chi connectivity index (χ2n) is 3.33. The number of hydrogen-bond acceptors (Lipinski definition) is 5. The number of carbonyl (C=O) groups excluding carboxylic acids is 1. The van der Waals surface area contributed by atoms with Crippen LogP contribution in [-0.2, 0) is 14.3 Å². The van der Waals surface area contributed by atoms with Gasteiger partial charge in [-0.15, -0.1) is 0 Å². The van der Waals surface area contributed by atoms with E-state index < -0.39 is 5.97 Å². The Kier molecular flexibility index (Phi) is 8.03. The van der Waals surface area contributed by atoms with E-state index in [9.17, 15) is 9.59 Å². The maximum Gasteiger partial charge on any atom is 0.304 e. The first kappa shape index (κ1) is 14.6. The highest BCUT2D eigenvalue weighted by molar-refractivity contribution is 5.76. The molecule has 6 heteroatoms. The van der Waals surface area contributed by atoms with Crippen LogP contribution in [0.5, 0.6) is 0 Å². The predicted molar refractivity (Wildman–Crippen MR) is 55.8 cm³/mol. The first-order valence-electron chi connectivity index (χ1n) is 4.94. The van der Waals surface area contributed by atoms with Gasteiger partial charge < -0.3 is 9.84 Å². The van der Waals surface area contributed by atoms with E-state index in [0.717, 1.165) is 0 Å². The van der Waals surface area contributed by atoms with Crippen molar-refractivity contribution in [2.75, 3.05) is 32.8 Å². The first-order valence-corrected chi connectivity index (χ1v) is 4.94. The molecule has 0 radical (unpaired) electrons. The highest BCUT2D eigenvalue weighted by Crippen LogP contribution is 1.92. The van der Waals surface area contributed by atoms with E-state index in [1.165, 1.54) is 6.92 Å². The largest absolute Gasteiger partial charge is 0.481 e. The number of hydrogen-bond donors (Lipinski definition) is 1. The third-order valence-corrected chi connectivity index (χ3v) is 1.79. The number of Topliss-reactive ketones (excluding diaryl/α,β-unsaturated/α-hetero) is 1. The van der Waals surface area contributed by atoms with Crippen LogP contribution in [0.2, 0.25) is 0 Å². The number of carboxylic acids is 1. The molecule has 6 nitrogen and oxygen atoms in total. The molecule has 0 saturated heterocycles. The summed E-state index contributed by atoms with van der Waals surface area (Å²) in [5.41, 5.74) is 0. The predicted octanol–water partition coefficient (Wildman–Crippen LogP) is -0.108. The summed E-state index contributed by atoms with van der Waals surface area (Å²) < 4.78 is 5.03. The van der Waals surface area contributed by atoms with Gasteiger partial charge in [-0.05, 0) is 6.92 Å². The van der Waals surface area contributed by atoms with Gasteiger partial charge in [0.1, 0.15) is 6.61 Å². The molecule has 0 aliphatic heterocycles. The van der Waals surface area contributed by atoms with Crippen LogP contribution in [-0.4, -0.2) is 54.6 Å². The van der Waals surface area contributed by atoms with Gasteiger partial charge in [-0.1, -0.05) is 0 Å². The van der Waals surface area contributed by atoms with E-state index >= 15 is 0 Å². The van der Waals surface area contributed by atoms with Gasteiger partial charge in [0.25, 0.3) is 0 Å². The van der Waals surface area contributed by atoms with Crippen LogP contribution in [0.15, 0.2) is 0 Å². The standard InChI is InChI=1S/C10H16N2O4/c1-9(13)8-16-7-6-12(5-3-11)4-2-10(14)15/h2,4-8H2,1H3,(H,14,15). The Morgan fingerprint density at radius 1 is 1.44 bits per heavy atom. The van der Waals surface area contributed by atoms with Gasteiger partial charge >= 0.3 is 5.97 Å². The van der Waals surface area contributed by atoms with E-state index in [4.69, 9.17) is 15.1 Å². The lowest BCUT2D eigenvalue weighted by Gasteiger charge is -2.17. The van der Waals surface area contributed by atoms with Crippen molar-refractivity contribution in [3.63, 3.8) is 0 Å². The minimum absolute atomic E-state index is 0.00557. The lowest BCUT2D eigenvalue weighted by atomic mass is 10.3. The molecule has 0 aliphatic carbocycles. The molecule has 0 saturated carbocycles. The highest BCUT2D eigenvalue weighted by atomic mass is 16.5. The zero-order valence-electron chi connectivity index (χ0n) is 9.31. The second kappa shape index (κ2) is 8.83. The topological polar surface area (TPSA) is 90.6 Å². The minimum Gasteiger partial charge on any atom is -0.481 e. The van der Waals surface area contributed by atoms with Gasteiger partial charge in [-0.3, -0.25) is 14.5 Å². The normalized spacial score (nSPS) is 10.1. The molecule has 0 spiro atoms. The summed E-state index contributed by atoms with van der Waals surface area (Å²) in [4.78, 5) is 22.6. The van der Waals surface area contributed by atoms with Gasteiger partial charge in [0.05, 0.1) is 25.6 Å². The molecule has 0 rings (SSSR count). The number of rotatable bonds is 9.